The van der Waals surface area contributed by atoms with Crippen LogP contribution in [0.15, 0.2) is 84.4 Å². The first kappa shape index (κ1) is 32.0. The summed E-state index contributed by atoms with van der Waals surface area (Å²) in [6.45, 7) is 8.22. The summed E-state index contributed by atoms with van der Waals surface area (Å²) in [5.41, 5.74) is 5.69. The molecule has 1 fully saturated rings. The topological polar surface area (TPSA) is 68.8 Å². The van der Waals surface area contributed by atoms with Gasteiger partial charge in [-0.15, -0.1) is 11.3 Å². The minimum atomic E-state index is -0.760. The minimum Gasteiger partial charge on any atom is -0.369 e. The van der Waals surface area contributed by atoms with Crippen LogP contribution in [0.5, 0.6) is 0 Å². The number of benzene rings is 3. The first-order valence-electron chi connectivity index (χ1n) is 16.9. The SMILES string of the molecule is CCCCCCCCCN1CCN(c2ccc(-c3ccc4c(c3)C(=O)N(C(C(=O)Nc3nccs3)c3ccccc3)C4)cc2)CC1. The molecule has 1 unspecified atom stereocenters. The molecule has 3 aromatic carbocycles. The maximum Gasteiger partial charge on any atom is 0.255 e. The molecule has 2 aliphatic rings. The second kappa shape index (κ2) is 15.5. The molecule has 1 N–H and O–H groups in total. The van der Waals surface area contributed by atoms with Crippen molar-refractivity contribution in [2.24, 2.45) is 0 Å². The first-order chi connectivity index (χ1) is 22.6. The van der Waals surface area contributed by atoms with Gasteiger partial charge in [-0.1, -0.05) is 100 Å². The Balaban J connectivity index is 1.07. The van der Waals surface area contributed by atoms with Gasteiger partial charge in [0.1, 0.15) is 6.04 Å². The number of aromatic nitrogens is 1. The van der Waals surface area contributed by atoms with Crippen LogP contribution in [0.2, 0.25) is 0 Å². The molecule has 1 atom stereocenters. The third-order valence-corrected chi connectivity index (χ3v) is 9.98. The number of thiazole rings is 1. The van der Waals surface area contributed by atoms with Gasteiger partial charge in [0.2, 0.25) is 0 Å². The number of amides is 2. The molecule has 2 amide bonds. The molecule has 0 aliphatic carbocycles. The molecule has 3 heterocycles. The van der Waals surface area contributed by atoms with Crippen molar-refractivity contribution in [1.82, 2.24) is 14.8 Å². The summed E-state index contributed by atoms with van der Waals surface area (Å²) < 4.78 is 0. The number of carbonyl (C=O) groups excluding carboxylic acids is 2. The highest BCUT2D eigenvalue weighted by molar-refractivity contribution is 7.13. The Morgan fingerprint density at radius 1 is 0.870 bits per heavy atom. The van der Waals surface area contributed by atoms with E-state index in [1.165, 1.54) is 68.5 Å². The fourth-order valence-corrected chi connectivity index (χ4v) is 7.20. The molecular formula is C38H45N5O2S. The first-order valence-corrected chi connectivity index (χ1v) is 17.8. The van der Waals surface area contributed by atoms with Gasteiger partial charge in [0, 0.05) is 55.6 Å². The Bertz CT molecular complexity index is 1570. The predicted molar refractivity (Wildman–Crippen MR) is 188 cm³/mol. The number of unbranched alkanes of at least 4 members (excludes halogenated alkanes) is 6. The highest BCUT2D eigenvalue weighted by Crippen LogP contribution is 2.35. The number of hydrogen-bond donors (Lipinski definition) is 1. The number of nitrogens with one attached hydrogen (secondary N) is 1. The van der Waals surface area contributed by atoms with Crippen molar-refractivity contribution in [3.63, 3.8) is 0 Å². The summed E-state index contributed by atoms with van der Waals surface area (Å²) in [6.07, 6.45) is 11.2. The van der Waals surface area contributed by atoms with Gasteiger partial charge < -0.3 is 9.80 Å². The molecule has 2 aliphatic heterocycles. The van der Waals surface area contributed by atoms with Crippen LogP contribution in [0, 0.1) is 0 Å². The van der Waals surface area contributed by atoms with Crippen molar-refractivity contribution < 1.29 is 9.59 Å². The molecule has 1 saturated heterocycles. The third kappa shape index (κ3) is 7.68. The maximum atomic E-state index is 13.8. The second-order valence-electron chi connectivity index (χ2n) is 12.4. The highest BCUT2D eigenvalue weighted by atomic mass is 32.1. The van der Waals surface area contributed by atoms with Gasteiger partial charge >= 0.3 is 0 Å². The maximum absolute atomic E-state index is 13.8. The van der Waals surface area contributed by atoms with Crippen LogP contribution in [0.3, 0.4) is 0 Å². The number of anilines is 2. The lowest BCUT2D eigenvalue weighted by Crippen LogP contribution is -2.46. The molecule has 4 aromatic rings. The van der Waals surface area contributed by atoms with Crippen molar-refractivity contribution >= 4 is 34.0 Å². The molecule has 8 heteroatoms. The molecule has 7 nitrogen and oxygen atoms in total. The Morgan fingerprint density at radius 3 is 2.30 bits per heavy atom. The number of carbonyl (C=O) groups is 2. The van der Waals surface area contributed by atoms with Gasteiger partial charge in [-0.3, -0.25) is 19.8 Å². The standard InChI is InChI=1S/C38H45N5O2S/c1-2-3-4-5-6-7-11-21-41-22-24-42(25-23-41)33-18-16-29(17-19-33)31-14-15-32-28-43(37(45)34(32)27-31)35(30-12-9-8-10-13-30)36(44)40-38-39-20-26-46-38/h8-10,12-20,26-27,35H,2-7,11,21-25,28H2,1H3,(H,39,40,44). The van der Waals surface area contributed by atoms with Crippen LogP contribution >= 0.6 is 11.3 Å². The van der Waals surface area contributed by atoms with E-state index in [4.69, 9.17) is 0 Å². The average molecular weight is 636 g/mol. The number of fused-ring (bicyclic) bond motifs is 1. The van der Waals surface area contributed by atoms with Gasteiger partial charge in [-0.05, 0) is 53.4 Å². The molecule has 6 rings (SSSR count). The largest absolute Gasteiger partial charge is 0.369 e. The zero-order chi connectivity index (χ0) is 31.7. The van der Waals surface area contributed by atoms with Crippen LogP contribution in [-0.2, 0) is 11.3 Å². The molecule has 0 spiro atoms. The van der Waals surface area contributed by atoms with Crippen molar-refractivity contribution in [3.05, 3.63) is 101 Å². The number of nitrogens with zero attached hydrogens (tertiary/aromatic N) is 4. The lowest BCUT2D eigenvalue weighted by Gasteiger charge is -2.36. The van der Waals surface area contributed by atoms with Crippen molar-refractivity contribution in [2.45, 2.75) is 64.5 Å². The van der Waals surface area contributed by atoms with Crippen LogP contribution in [0.1, 0.15) is 79.4 Å². The average Bonchev–Trinajstić information content (AvgIpc) is 3.72. The minimum absolute atomic E-state index is 0.133. The second-order valence-corrected chi connectivity index (χ2v) is 13.3. The van der Waals surface area contributed by atoms with Crippen molar-refractivity contribution in [2.75, 3.05) is 42.9 Å². The zero-order valence-corrected chi connectivity index (χ0v) is 27.7. The van der Waals surface area contributed by atoms with Crippen LogP contribution < -0.4 is 10.2 Å². The van der Waals surface area contributed by atoms with E-state index in [-0.39, 0.29) is 11.8 Å². The van der Waals surface area contributed by atoms with E-state index in [1.54, 1.807) is 11.1 Å². The van der Waals surface area contributed by atoms with E-state index in [1.807, 2.05) is 47.8 Å². The van der Waals surface area contributed by atoms with Gasteiger partial charge in [-0.25, -0.2) is 4.98 Å². The smallest absolute Gasteiger partial charge is 0.255 e. The van der Waals surface area contributed by atoms with E-state index in [0.717, 1.165) is 48.4 Å². The summed E-state index contributed by atoms with van der Waals surface area (Å²) in [7, 11) is 0. The fourth-order valence-electron chi connectivity index (χ4n) is 6.67. The van der Waals surface area contributed by atoms with Crippen LogP contribution in [-0.4, -0.2) is 59.3 Å². The highest BCUT2D eigenvalue weighted by Gasteiger charge is 2.37. The molecule has 240 valence electrons. The number of rotatable bonds is 14. The van der Waals surface area contributed by atoms with Gasteiger partial charge in [0.25, 0.3) is 11.8 Å². The normalized spacial score (nSPS) is 15.6. The molecule has 0 bridgehead atoms. The van der Waals surface area contributed by atoms with Crippen molar-refractivity contribution in [1.29, 1.82) is 0 Å². The predicted octanol–water partition coefficient (Wildman–Crippen LogP) is 8.02. The van der Waals surface area contributed by atoms with Crippen LogP contribution in [0.25, 0.3) is 11.1 Å². The Morgan fingerprint density at radius 2 is 1.59 bits per heavy atom. The molecular weight excluding hydrogens is 591 g/mol. The van der Waals surface area contributed by atoms with E-state index in [2.05, 4.69) is 57.4 Å². The fraction of sp³-hybridized carbons (Fsp3) is 0.395. The van der Waals surface area contributed by atoms with Gasteiger partial charge in [0.05, 0.1) is 0 Å². The van der Waals surface area contributed by atoms with Gasteiger partial charge in [0.15, 0.2) is 5.13 Å². The van der Waals surface area contributed by atoms with E-state index >= 15 is 0 Å². The van der Waals surface area contributed by atoms with E-state index < -0.39 is 6.04 Å². The lowest BCUT2D eigenvalue weighted by atomic mass is 10.00. The van der Waals surface area contributed by atoms with E-state index in [9.17, 15) is 9.59 Å². The summed E-state index contributed by atoms with van der Waals surface area (Å²) in [6, 6.07) is 23.6. The van der Waals surface area contributed by atoms with E-state index in [0.29, 0.717) is 17.2 Å². The van der Waals surface area contributed by atoms with Crippen molar-refractivity contribution in [3.8, 4) is 11.1 Å². The summed E-state index contributed by atoms with van der Waals surface area (Å²) >= 11 is 1.36. The Kier molecular flexibility index (Phi) is 10.8. The third-order valence-electron chi connectivity index (χ3n) is 9.30. The van der Waals surface area contributed by atoms with Gasteiger partial charge in [-0.2, -0.15) is 0 Å². The summed E-state index contributed by atoms with van der Waals surface area (Å²) in [4.78, 5) is 38.3. The summed E-state index contributed by atoms with van der Waals surface area (Å²) in [5, 5.41) is 5.24. The Hall–Kier alpha value is -4.01. The number of hydrogen-bond acceptors (Lipinski definition) is 6. The monoisotopic (exact) mass is 635 g/mol. The Labute approximate surface area is 277 Å². The van der Waals surface area contributed by atoms with Crippen LogP contribution in [0.4, 0.5) is 10.8 Å². The molecule has 46 heavy (non-hydrogen) atoms. The summed E-state index contributed by atoms with van der Waals surface area (Å²) in [5.74, 6) is -0.400. The quantitative estimate of drug-likeness (QED) is 0.142. The molecule has 1 aromatic heterocycles. The number of piperazine rings is 1. The zero-order valence-electron chi connectivity index (χ0n) is 26.9. The lowest BCUT2D eigenvalue weighted by molar-refractivity contribution is -0.120. The molecule has 0 saturated carbocycles. The molecule has 0 radical (unpaired) electrons.